The van der Waals surface area contributed by atoms with Gasteiger partial charge in [0.05, 0.1) is 0 Å². The van der Waals surface area contributed by atoms with Gasteiger partial charge in [-0.25, -0.2) is 4.39 Å². The predicted molar refractivity (Wildman–Crippen MR) is 73.3 cm³/mol. The zero-order valence-corrected chi connectivity index (χ0v) is 11.4. The van der Waals surface area contributed by atoms with E-state index < -0.39 is 0 Å². The molecule has 1 amide bonds. The third-order valence-electron chi connectivity index (χ3n) is 3.74. The van der Waals surface area contributed by atoms with Gasteiger partial charge < -0.3 is 10.2 Å². The SMILES string of the molecule is CN1CCC(C(=O)NCCc2ccccc2F)CC1. The largest absolute Gasteiger partial charge is 0.356 e. The Labute approximate surface area is 113 Å². The van der Waals surface area contributed by atoms with E-state index in [-0.39, 0.29) is 17.6 Å². The number of carbonyl (C=O) groups excluding carboxylic acids is 1. The third-order valence-corrected chi connectivity index (χ3v) is 3.74. The monoisotopic (exact) mass is 264 g/mol. The van der Waals surface area contributed by atoms with Crippen molar-refractivity contribution in [1.29, 1.82) is 0 Å². The van der Waals surface area contributed by atoms with E-state index in [4.69, 9.17) is 0 Å². The molecule has 3 nitrogen and oxygen atoms in total. The minimum atomic E-state index is -0.198. The van der Waals surface area contributed by atoms with E-state index in [0.717, 1.165) is 25.9 Å². The summed E-state index contributed by atoms with van der Waals surface area (Å²) in [5, 5.41) is 2.92. The summed E-state index contributed by atoms with van der Waals surface area (Å²) in [7, 11) is 2.08. The van der Waals surface area contributed by atoms with Crippen LogP contribution in [0, 0.1) is 11.7 Å². The molecule has 0 aliphatic carbocycles. The molecule has 1 N–H and O–H groups in total. The maximum Gasteiger partial charge on any atom is 0.223 e. The van der Waals surface area contributed by atoms with Crippen molar-refractivity contribution in [3.05, 3.63) is 35.6 Å². The van der Waals surface area contributed by atoms with Crippen molar-refractivity contribution in [3.63, 3.8) is 0 Å². The first kappa shape index (κ1) is 14.0. The molecule has 1 fully saturated rings. The van der Waals surface area contributed by atoms with Gasteiger partial charge in [-0.15, -0.1) is 0 Å². The Bertz CT molecular complexity index is 428. The number of benzene rings is 1. The molecule has 0 bridgehead atoms. The van der Waals surface area contributed by atoms with Crippen molar-refractivity contribution < 1.29 is 9.18 Å². The number of amides is 1. The molecular weight excluding hydrogens is 243 g/mol. The molecule has 0 unspecified atom stereocenters. The Morgan fingerprint density at radius 2 is 2.05 bits per heavy atom. The lowest BCUT2D eigenvalue weighted by atomic mass is 9.96. The lowest BCUT2D eigenvalue weighted by Gasteiger charge is -2.28. The average Bonchev–Trinajstić information content (AvgIpc) is 2.41. The van der Waals surface area contributed by atoms with Gasteiger partial charge in [-0.2, -0.15) is 0 Å². The van der Waals surface area contributed by atoms with Gasteiger partial charge in [-0.3, -0.25) is 4.79 Å². The minimum absolute atomic E-state index is 0.115. The van der Waals surface area contributed by atoms with Crippen LogP contribution in [0.1, 0.15) is 18.4 Å². The summed E-state index contributed by atoms with van der Waals surface area (Å²) in [6.45, 7) is 2.46. The van der Waals surface area contributed by atoms with Crippen molar-refractivity contribution in [3.8, 4) is 0 Å². The topological polar surface area (TPSA) is 32.3 Å². The molecule has 0 saturated carbocycles. The van der Waals surface area contributed by atoms with Crippen LogP contribution in [0.3, 0.4) is 0 Å². The van der Waals surface area contributed by atoms with E-state index in [1.54, 1.807) is 12.1 Å². The fraction of sp³-hybridized carbons (Fsp3) is 0.533. The predicted octanol–water partition coefficient (Wildman–Crippen LogP) is 1.83. The molecule has 1 saturated heterocycles. The van der Waals surface area contributed by atoms with Gasteiger partial charge in [0.1, 0.15) is 5.82 Å². The Hall–Kier alpha value is -1.42. The number of piperidine rings is 1. The summed E-state index contributed by atoms with van der Waals surface area (Å²) in [5.41, 5.74) is 0.658. The van der Waals surface area contributed by atoms with Crippen LogP contribution in [-0.2, 0) is 11.2 Å². The summed E-state index contributed by atoms with van der Waals surface area (Å²) in [6.07, 6.45) is 2.38. The molecule has 4 heteroatoms. The maximum absolute atomic E-state index is 13.4. The van der Waals surface area contributed by atoms with Gasteiger partial charge >= 0.3 is 0 Å². The smallest absolute Gasteiger partial charge is 0.223 e. The maximum atomic E-state index is 13.4. The highest BCUT2D eigenvalue weighted by Crippen LogP contribution is 2.15. The van der Waals surface area contributed by atoms with Crippen LogP contribution in [0.5, 0.6) is 0 Å². The summed E-state index contributed by atoms with van der Waals surface area (Å²) < 4.78 is 13.4. The Morgan fingerprint density at radius 1 is 1.37 bits per heavy atom. The second kappa shape index (κ2) is 6.66. The number of carbonyl (C=O) groups is 1. The molecule has 0 atom stereocenters. The summed E-state index contributed by atoms with van der Waals surface area (Å²) in [4.78, 5) is 14.2. The second-order valence-corrected chi connectivity index (χ2v) is 5.21. The number of halogens is 1. The van der Waals surface area contributed by atoms with Gasteiger partial charge in [-0.05, 0) is 51.0 Å². The molecule has 19 heavy (non-hydrogen) atoms. The first-order valence-electron chi connectivity index (χ1n) is 6.86. The Balaban J connectivity index is 1.74. The van der Waals surface area contributed by atoms with E-state index >= 15 is 0 Å². The molecular formula is C15H21FN2O. The highest BCUT2D eigenvalue weighted by atomic mass is 19.1. The zero-order valence-electron chi connectivity index (χ0n) is 11.4. The molecule has 0 radical (unpaired) electrons. The van der Waals surface area contributed by atoms with Crippen LogP contribution >= 0.6 is 0 Å². The fourth-order valence-corrected chi connectivity index (χ4v) is 2.44. The van der Waals surface area contributed by atoms with Gasteiger partial charge in [-0.1, -0.05) is 18.2 Å². The molecule has 104 valence electrons. The number of hydrogen-bond acceptors (Lipinski definition) is 2. The number of hydrogen-bond donors (Lipinski definition) is 1. The molecule has 1 aliphatic rings. The number of nitrogens with zero attached hydrogens (tertiary/aromatic N) is 1. The van der Waals surface area contributed by atoms with E-state index in [2.05, 4.69) is 17.3 Å². The van der Waals surface area contributed by atoms with Gasteiger partial charge in [0.25, 0.3) is 0 Å². The van der Waals surface area contributed by atoms with Gasteiger partial charge in [0, 0.05) is 12.5 Å². The fourth-order valence-electron chi connectivity index (χ4n) is 2.44. The van der Waals surface area contributed by atoms with Crippen LogP contribution in [0.2, 0.25) is 0 Å². The summed E-state index contributed by atoms with van der Waals surface area (Å²) in [5.74, 6) is 0.0392. The number of likely N-dealkylation sites (tertiary alicyclic amines) is 1. The standard InChI is InChI=1S/C15H21FN2O/c1-18-10-7-13(8-11-18)15(19)17-9-6-12-4-2-3-5-14(12)16/h2-5,13H,6-11H2,1H3,(H,17,19). The Kier molecular flexibility index (Phi) is 4.91. The zero-order chi connectivity index (χ0) is 13.7. The van der Waals surface area contributed by atoms with Crippen molar-refractivity contribution >= 4 is 5.91 Å². The lowest BCUT2D eigenvalue weighted by Crippen LogP contribution is -2.39. The highest BCUT2D eigenvalue weighted by molar-refractivity contribution is 5.78. The van der Waals surface area contributed by atoms with Crippen molar-refractivity contribution in [2.45, 2.75) is 19.3 Å². The number of nitrogens with one attached hydrogen (secondary N) is 1. The van der Waals surface area contributed by atoms with Crippen molar-refractivity contribution in [2.24, 2.45) is 5.92 Å². The van der Waals surface area contributed by atoms with Crippen LogP contribution < -0.4 is 5.32 Å². The molecule has 1 aliphatic heterocycles. The quantitative estimate of drug-likeness (QED) is 0.900. The molecule has 1 aromatic rings. The van der Waals surface area contributed by atoms with Crippen molar-refractivity contribution in [2.75, 3.05) is 26.7 Å². The average molecular weight is 264 g/mol. The van der Waals surface area contributed by atoms with E-state index in [9.17, 15) is 9.18 Å². The van der Waals surface area contributed by atoms with Crippen molar-refractivity contribution in [1.82, 2.24) is 10.2 Å². The van der Waals surface area contributed by atoms with Gasteiger partial charge in [0.2, 0.25) is 5.91 Å². The first-order chi connectivity index (χ1) is 9.16. The van der Waals surface area contributed by atoms with E-state index in [0.29, 0.717) is 18.5 Å². The lowest BCUT2D eigenvalue weighted by molar-refractivity contribution is -0.126. The summed E-state index contributed by atoms with van der Waals surface area (Å²) in [6, 6.07) is 6.71. The number of rotatable bonds is 4. The highest BCUT2D eigenvalue weighted by Gasteiger charge is 2.22. The van der Waals surface area contributed by atoms with Gasteiger partial charge in [0.15, 0.2) is 0 Å². The minimum Gasteiger partial charge on any atom is -0.356 e. The molecule has 1 aromatic carbocycles. The second-order valence-electron chi connectivity index (χ2n) is 5.21. The van der Waals surface area contributed by atoms with Crippen LogP contribution in [-0.4, -0.2) is 37.5 Å². The van der Waals surface area contributed by atoms with E-state index in [1.165, 1.54) is 6.07 Å². The molecule has 0 spiro atoms. The van der Waals surface area contributed by atoms with Crippen LogP contribution in [0.4, 0.5) is 4.39 Å². The van der Waals surface area contributed by atoms with E-state index in [1.807, 2.05) is 6.07 Å². The first-order valence-corrected chi connectivity index (χ1v) is 6.86. The molecule has 2 rings (SSSR count). The van der Waals surface area contributed by atoms with Crippen LogP contribution in [0.25, 0.3) is 0 Å². The summed E-state index contributed by atoms with van der Waals surface area (Å²) >= 11 is 0. The Morgan fingerprint density at radius 3 is 2.74 bits per heavy atom. The molecule has 1 heterocycles. The third kappa shape index (κ3) is 4.03. The molecule has 0 aromatic heterocycles. The normalized spacial score (nSPS) is 17.4. The van der Waals surface area contributed by atoms with Crippen LogP contribution in [0.15, 0.2) is 24.3 Å².